The first-order chi connectivity index (χ1) is 33.1. The van der Waals surface area contributed by atoms with E-state index < -0.39 is 6.10 Å². The quantitative estimate of drug-likeness (QED) is 0.0343. The van der Waals surface area contributed by atoms with E-state index in [-0.39, 0.29) is 31.1 Å². The van der Waals surface area contributed by atoms with Gasteiger partial charge in [-0.25, -0.2) is 0 Å². The zero-order valence-electron chi connectivity index (χ0n) is 46.9. The van der Waals surface area contributed by atoms with E-state index in [2.05, 4.69) is 41.5 Å². The summed E-state index contributed by atoms with van der Waals surface area (Å²) < 4.78 is 16.9. The zero-order valence-corrected chi connectivity index (χ0v) is 46.9. The van der Waals surface area contributed by atoms with Gasteiger partial charge >= 0.3 is 17.9 Å². The smallest absolute Gasteiger partial charge is 0.306 e. The average Bonchev–Trinajstić information content (AvgIpc) is 3.31. The Hall–Kier alpha value is -1.59. The maximum absolute atomic E-state index is 12.9. The van der Waals surface area contributed by atoms with Crippen molar-refractivity contribution < 1.29 is 28.6 Å². The molecule has 0 spiro atoms. The van der Waals surface area contributed by atoms with Crippen LogP contribution in [0, 0.1) is 17.8 Å². The lowest BCUT2D eigenvalue weighted by molar-refractivity contribution is -0.167. The van der Waals surface area contributed by atoms with E-state index >= 15 is 0 Å². The predicted octanol–water partition coefficient (Wildman–Crippen LogP) is 20.3. The molecule has 0 rings (SSSR count). The van der Waals surface area contributed by atoms with Crippen molar-refractivity contribution in [2.75, 3.05) is 13.2 Å². The molecule has 0 aromatic heterocycles. The Balaban J connectivity index is 4.25. The second kappa shape index (κ2) is 53.2. The Morgan fingerprint density at radius 1 is 0.294 bits per heavy atom. The fraction of sp³-hybridized carbons (Fsp3) is 0.952. The molecule has 6 nitrogen and oxygen atoms in total. The lowest BCUT2D eigenvalue weighted by Crippen LogP contribution is -2.30. The molecule has 68 heavy (non-hydrogen) atoms. The summed E-state index contributed by atoms with van der Waals surface area (Å²) in [7, 11) is 0. The molecule has 2 atom stereocenters. The van der Waals surface area contributed by atoms with Crippen molar-refractivity contribution in [3.63, 3.8) is 0 Å². The predicted molar refractivity (Wildman–Crippen MR) is 293 cm³/mol. The van der Waals surface area contributed by atoms with Crippen molar-refractivity contribution in [3.05, 3.63) is 0 Å². The Bertz CT molecular complexity index is 1060. The number of carbonyl (C=O) groups excluding carboxylic acids is 3. The number of esters is 3. The summed E-state index contributed by atoms with van der Waals surface area (Å²) in [6.07, 6.45) is 56.7. The summed E-state index contributed by atoms with van der Waals surface area (Å²) in [4.78, 5) is 38.2. The molecule has 0 aromatic rings. The van der Waals surface area contributed by atoms with Gasteiger partial charge in [0.1, 0.15) is 13.2 Å². The highest BCUT2D eigenvalue weighted by Crippen LogP contribution is 2.19. The van der Waals surface area contributed by atoms with Gasteiger partial charge in [0, 0.05) is 19.3 Å². The van der Waals surface area contributed by atoms with Crippen molar-refractivity contribution in [1.82, 2.24) is 0 Å². The van der Waals surface area contributed by atoms with Gasteiger partial charge in [0.25, 0.3) is 0 Å². The van der Waals surface area contributed by atoms with Gasteiger partial charge in [-0.1, -0.05) is 305 Å². The zero-order chi connectivity index (χ0) is 49.8. The van der Waals surface area contributed by atoms with E-state index in [0.29, 0.717) is 19.3 Å². The average molecular weight is 962 g/mol. The lowest BCUT2D eigenvalue weighted by Gasteiger charge is -2.18. The van der Waals surface area contributed by atoms with Crippen LogP contribution >= 0.6 is 0 Å². The first-order valence-electron chi connectivity index (χ1n) is 30.6. The molecule has 404 valence electrons. The fourth-order valence-electron chi connectivity index (χ4n) is 9.50. The van der Waals surface area contributed by atoms with Gasteiger partial charge in [0.2, 0.25) is 0 Å². The minimum Gasteiger partial charge on any atom is -0.462 e. The molecule has 0 fully saturated rings. The molecule has 0 heterocycles. The number of hydrogen-bond donors (Lipinski definition) is 0. The molecule has 0 aliphatic rings. The van der Waals surface area contributed by atoms with Gasteiger partial charge in [-0.15, -0.1) is 0 Å². The third-order valence-electron chi connectivity index (χ3n) is 14.5. The van der Waals surface area contributed by atoms with Crippen LogP contribution in [0.3, 0.4) is 0 Å². The third-order valence-corrected chi connectivity index (χ3v) is 14.5. The second-order valence-corrected chi connectivity index (χ2v) is 22.5. The molecule has 0 saturated heterocycles. The Morgan fingerprint density at radius 3 is 0.765 bits per heavy atom. The van der Waals surface area contributed by atoms with Crippen LogP contribution in [-0.2, 0) is 28.6 Å². The maximum atomic E-state index is 12.9. The van der Waals surface area contributed by atoms with Crippen molar-refractivity contribution in [1.29, 1.82) is 0 Å². The van der Waals surface area contributed by atoms with Crippen molar-refractivity contribution in [2.45, 2.75) is 349 Å². The monoisotopic (exact) mass is 961 g/mol. The Morgan fingerprint density at radius 2 is 0.515 bits per heavy atom. The summed E-state index contributed by atoms with van der Waals surface area (Å²) in [6, 6.07) is 0. The highest BCUT2D eigenvalue weighted by atomic mass is 16.6. The molecule has 0 bridgehead atoms. The first kappa shape index (κ1) is 66.4. The van der Waals surface area contributed by atoms with Gasteiger partial charge in [0.05, 0.1) is 0 Å². The maximum Gasteiger partial charge on any atom is 0.306 e. The van der Waals surface area contributed by atoms with Crippen LogP contribution in [0.15, 0.2) is 0 Å². The fourth-order valence-corrected chi connectivity index (χ4v) is 9.50. The molecule has 0 saturated carbocycles. The standard InChI is InChI=1S/C62H120O6/c1-7-58(6)50-44-38-32-28-29-34-40-46-52-61(64)67-55-59(68-62(65)53-47-41-35-27-23-19-15-14-17-21-25-31-37-43-49-57(4)5)54-66-60(63)51-45-39-33-26-22-18-13-11-9-8-10-12-16-20-24-30-36-42-48-56(2)3/h56-59H,7-55H2,1-6H3/t58?,59-/m1/s1. The lowest BCUT2D eigenvalue weighted by atomic mass is 9.99. The molecule has 1 unspecified atom stereocenters. The first-order valence-corrected chi connectivity index (χ1v) is 30.6. The van der Waals surface area contributed by atoms with Gasteiger partial charge in [-0.3, -0.25) is 14.4 Å². The van der Waals surface area contributed by atoms with Gasteiger partial charge < -0.3 is 14.2 Å². The van der Waals surface area contributed by atoms with Crippen LogP contribution < -0.4 is 0 Å². The highest BCUT2D eigenvalue weighted by molar-refractivity contribution is 5.71. The Labute approximate surface area is 425 Å². The molecule has 6 heteroatoms. The van der Waals surface area contributed by atoms with E-state index in [1.807, 2.05) is 0 Å². The molecule has 0 aliphatic carbocycles. The van der Waals surface area contributed by atoms with Crippen LogP contribution in [-0.4, -0.2) is 37.2 Å². The molecule has 0 N–H and O–H groups in total. The number of carbonyl (C=O) groups is 3. The summed E-state index contributed by atoms with van der Waals surface area (Å²) in [5, 5.41) is 0. The van der Waals surface area contributed by atoms with Gasteiger partial charge in [-0.05, 0) is 37.0 Å². The molecule has 0 aromatic carbocycles. The molecule has 0 radical (unpaired) electrons. The summed E-state index contributed by atoms with van der Waals surface area (Å²) in [5.74, 6) is 1.71. The van der Waals surface area contributed by atoms with Crippen molar-refractivity contribution in [3.8, 4) is 0 Å². The molecule has 0 amide bonds. The van der Waals surface area contributed by atoms with Gasteiger partial charge in [0.15, 0.2) is 6.10 Å². The largest absolute Gasteiger partial charge is 0.462 e. The van der Waals surface area contributed by atoms with Crippen LogP contribution in [0.25, 0.3) is 0 Å². The SMILES string of the molecule is CCC(C)CCCCCCCCCCC(=O)OC[C@@H](COC(=O)CCCCCCCCCCCCCCCCCCCCC(C)C)OC(=O)CCCCCCCCCCCCCCCCC(C)C. The van der Waals surface area contributed by atoms with E-state index in [4.69, 9.17) is 14.2 Å². The highest BCUT2D eigenvalue weighted by Gasteiger charge is 2.19. The van der Waals surface area contributed by atoms with Crippen LogP contribution in [0.4, 0.5) is 0 Å². The minimum atomic E-state index is -0.764. The van der Waals surface area contributed by atoms with Crippen molar-refractivity contribution in [2.24, 2.45) is 17.8 Å². The van der Waals surface area contributed by atoms with Crippen LogP contribution in [0.2, 0.25) is 0 Å². The molecule has 0 aliphatic heterocycles. The molecular formula is C62H120O6. The van der Waals surface area contributed by atoms with Crippen LogP contribution in [0.5, 0.6) is 0 Å². The van der Waals surface area contributed by atoms with E-state index in [1.54, 1.807) is 0 Å². The van der Waals surface area contributed by atoms with Gasteiger partial charge in [-0.2, -0.15) is 0 Å². The minimum absolute atomic E-state index is 0.0633. The number of unbranched alkanes of at least 4 members (excludes halogenated alkanes) is 37. The van der Waals surface area contributed by atoms with E-state index in [9.17, 15) is 14.4 Å². The normalized spacial score (nSPS) is 12.5. The number of rotatable bonds is 55. The van der Waals surface area contributed by atoms with E-state index in [1.165, 1.54) is 225 Å². The summed E-state index contributed by atoms with van der Waals surface area (Å²) in [6.45, 7) is 13.8. The topological polar surface area (TPSA) is 78.9 Å². The van der Waals surface area contributed by atoms with Crippen molar-refractivity contribution >= 4 is 17.9 Å². The summed E-state index contributed by atoms with van der Waals surface area (Å²) >= 11 is 0. The molecular weight excluding hydrogens is 841 g/mol. The third kappa shape index (κ3) is 53.8. The number of ether oxygens (including phenoxy) is 3. The Kier molecular flexibility index (Phi) is 52.0. The summed E-state index contributed by atoms with van der Waals surface area (Å²) in [5.41, 5.74) is 0. The second-order valence-electron chi connectivity index (χ2n) is 22.5. The van der Waals surface area contributed by atoms with E-state index in [0.717, 1.165) is 75.5 Å². The number of hydrogen-bond acceptors (Lipinski definition) is 6. The van der Waals surface area contributed by atoms with Crippen LogP contribution in [0.1, 0.15) is 343 Å².